The van der Waals surface area contributed by atoms with Gasteiger partial charge < -0.3 is 10.1 Å². The van der Waals surface area contributed by atoms with Crippen LogP contribution in [0.5, 0.6) is 6.01 Å². The van der Waals surface area contributed by atoms with Crippen molar-refractivity contribution < 1.29 is 4.74 Å². The summed E-state index contributed by atoms with van der Waals surface area (Å²) in [5.74, 6) is 0.545. The lowest BCUT2D eigenvalue weighted by Gasteiger charge is -2.06. The largest absolute Gasteiger partial charge is 0.467 e. The van der Waals surface area contributed by atoms with Gasteiger partial charge in [0.2, 0.25) is 0 Å². The Bertz CT molecular complexity index is 463. The van der Waals surface area contributed by atoms with Gasteiger partial charge >= 0.3 is 6.01 Å². The van der Waals surface area contributed by atoms with Gasteiger partial charge in [-0.25, -0.2) is 9.97 Å². The van der Waals surface area contributed by atoms with Crippen molar-refractivity contribution in [3.63, 3.8) is 0 Å². The smallest absolute Gasteiger partial charge is 0.318 e. The van der Waals surface area contributed by atoms with Crippen LogP contribution in [-0.4, -0.2) is 22.1 Å². The molecule has 2 rings (SSSR count). The highest BCUT2D eigenvalue weighted by atomic mass is 35.5. The Hall–Kier alpha value is -1.40. The second-order valence-corrected chi connectivity index (χ2v) is 4.22. The molecule has 0 saturated heterocycles. The highest BCUT2D eigenvalue weighted by molar-refractivity contribution is 7.09. The van der Waals surface area contributed by atoms with Gasteiger partial charge in [-0.2, -0.15) is 4.98 Å². The molecule has 1 N–H and O–H groups in total. The molecule has 2 aromatic heterocycles. The van der Waals surface area contributed by atoms with Crippen LogP contribution in [0.2, 0.25) is 5.02 Å². The quantitative estimate of drug-likeness (QED) is 0.909. The van der Waals surface area contributed by atoms with Crippen molar-refractivity contribution in [1.29, 1.82) is 0 Å². The Labute approximate surface area is 101 Å². The zero-order valence-electron chi connectivity index (χ0n) is 8.48. The zero-order chi connectivity index (χ0) is 11.4. The summed E-state index contributed by atoms with van der Waals surface area (Å²) in [6.45, 7) is 0.581. The maximum Gasteiger partial charge on any atom is 0.318 e. The van der Waals surface area contributed by atoms with E-state index in [0.29, 0.717) is 17.4 Å². The van der Waals surface area contributed by atoms with Crippen molar-refractivity contribution in [2.24, 2.45) is 0 Å². The van der Waals surface area contributed by atoms with Gasteiger partial charge in [0.25, 0.3) is 0 Å². The first-order valence-electron chi connectivity index (χ1n) is 4.48. The summed E-state index contributed by atoms with van der Waals surface area (Å²) >= 11 is 7.50. The van der Waals surface area contributed by atoms with Gasteiger partial charge in [-0.1, -0.05) is 11.6 Å². The number of thiazole rings is 1. The molecule has 0 aliphatic heterocycles. The number of anilines is 1. The third kappa shape index (κ3) is 2.59. The van der Waals surface area contributed by atoms with Crippen LogP contribution < -0.4 is 10.1 Å². The molecule has 0 spiro atoms. The number of nitrogens with one attached hydrogen (secondary N) is 1. The number of aromatic nitrogens is 3. The molecule has 7 heteroatoms. The first kappa shape index (κ1) is 11.1. The van der Waals surface area contributed by atoms with E-state index >= 15 is 0 Å². The molecule has 0 fully saturated rings. The number of ether oxygens (including phenoxy) is 1. The maximum absolute atomic E-state index is 5.93. The fourth-order valence-electron chi connectivity index (χ4n) is 1.07. The number of hydrogen-bond donors (Lipinski definition) is 1. The fraction of sp³-hybridized carbons (Fsp3) is 0.222. The molecule has 0 aromatic carbocycles. The molecule has 0 atom stereocenters. The summed E-state index contributed by atoms with van der Waals surface area (Å²) < 4.78 is 4.91. The van der Waals surface area contributed by atoms with Crippen molar-refractivity contribution in [3.8, 4) is 6.01 Å². The minimum atomic E-state index is 0.283. The number of methoxy groups -OCH3 is 1. The third-order valence-corrected chi connectivity index (χ3v) is 2.85. The predicted octanol–water partition coefficient (Wildman–Crippen LogP) is 2.21. The van der Waals surface area contributed by atoms with Crippen LogP contribution in [0.3, 0.4) is 0 Å². The minimum Gasteiger partial charge on any atom is -0.467 e. The van der Waals surface area contributed by atoms with Crippen molar-refractivity contribution in [2.45, 2.75) is 6.54 Å². The molecule has 5 nitrogen and oxygen atoms in total. The molecule has 0 radical (unpaired) electrons. The number of rotatable bonds is 4. The molecular formula is C9H9ClN4OS. The number of halogens is 1. The summed E-state index contributed by atoms with van der Waals surface area (Å²) in [4.78, 5) is 12.1. The van der Waals surface area contributed by atoms with Crippen LogP contribution in [0.4, 0.5) is 5.82 Å². The molecule has 0 amide bonds. The van der Waals surface area contributed by atoms with E-state index < -0.39 is 0 Å². The molecular weight excluding hydrogens is 248 g/mol. The molecule has 0 aliphatic carbocycles. The number of hydrogen-bond acceptors (Lipinski definition) is 6. The first-order valence-corrected chi connectivity index (χ1v) is 5.74. The van der Waals surface area contributed by atoms with Gasteiger partial charge in [-0.15, -0.1) is 11.3 Å². The molecule has 2 heterocycles. The van der Waals surface area contributed by atoms with Gasteiger partial charge in [0.15, 0.2) is 5.82 Å². The van der Waals surface area contributed by atoms with Gasteiger partial charge in [0, 0.05) is 11.6 Å². The van der Waals surface area contributed by atoms with Crippen molar-refractivity contribution in [2.75, 3.05) is 12.4 Å². The lowest BCUT2D eigenvalue weighted by Crippen LogP contribution is -2.03. The van der Waals surface area contributed by atoms with E-state index in [1.54, 1.807) is 17.5 Å². The first-order chi connectivity index (χ1) is 7.79. The molecule has 0 saturated carbocycles. The Morgan fingerprint density at radius 3 is 3.06 bits per heavy atom. The van der Waals surface area contributed by atoms with Crippen LogP contribution >= 0.6 is 22.9 Å². The monoisotopic (exact) mass is 256 g/mol. The third-order valence-electron chi connectivity index (χ3n) is 1.80. The normalized spacial score (nSPS) is 10.1. The standard InChI is InChI=1S/C9H9ClN4OS/c1-15-9-13-4-6(10)8(14-9)12-5-7-11-2-3-16-7/h2-4H,5H2,1H3,(H,12,13,14). The van der Waals surface area contributed by atoms with Gasteiger partial charge in [0.1, 0.15) is 10.0 Å². The molecule has 16 heavy (non-hydrogen) atoms. The Kier molecular flexibility index (Phi) is 3.53. The Balaban J connectivity index is 2.08. The average molecular weight is 257 g/mol. The summed E-state index contributed by atoms with van der Waals surface area (Å²) in [6, 6.07) is 0.283. The van der Waals surface area contributed by atoms with E-state index in [0.717, 1.165) is 5.01 Å². The van der Waals surface area contributed by atoms with E-state index in [2.05, 4.69) is 20.3 Å². The lowest BCUT2D eigenvalue weighted by atomic mass is 10.5. The average Bonchev–Trinajstić information content (AvgIpc) is 2.81. The SMILES string of the molecule is COc1ncc(Cl)c(NCc2nccs2)n1. The minimum absolute atomic E-state index is 0.283. The van der Waals surface area contributed by atoms with E-state index in [1.165, 1.54) is 13.3 Å². The van der Waals surface area contributed by atoms with E-state index in [-0.39, 0.29) is 6.01 Å². The molecule has 0 aliphatic rings. The molecule has 0 unspecified atom stereocenters. The summed E-state index contributed by atoms with van der Waals surface area (Å²) in [7, 11) is 1.51. The summed E-state index contributed by atoms with van der Waals surface area (Å²) in [5.41, 5.74) is 0. The van der Waals surface area contributed by atoms with Crippen LogP contribution in [0, 0.1) is 0 Å². The highest BCUT2D eigenvalue weighted by Gasteiger charge is 2.05. The molecule has 0 bridgehead atoms. The van der Waals surface area contributed by atoms with Crippen molar-refractivity contribution >= 4 is 28.8 Å². The van der Waals surface area contributed by atoms with E-state index in [1.807, 2.05) is 5.38 Å². The fourth-order valence-corrected chi connectivity index (χ4v) is 1.79. The van der Waals surface area contributed by atoms with Crippen LogP contribution in [0.25, 0.3) is 0 Å². The van der Waals surface area contributed by atoms with Crippen molar-refractivity contribution in [3.05, 3.63) is 27.8 Å². The van der Waals surface area contributed by atoms with Crippen molar-refractivity contribution in [1.82, 2.24) is 15.0 Å². The topological polar surface area (TPSA) is 59.9 Å². The Morgan fingerprint density at radius 1 is 1.50 bits per heavy atom. The maximum atomic E-state index is 5.93. The highest BCUT2D eigenvalue weighted by Crippen LogP contribution is 2.20. The van der Waals surface area contributed by atoms with E-state index in [4.69, 9.17) is 16.3 Å². The lowest BCUT2D eigenvalue weighted by molar-refractivity contribution is 0.380. The van der Waals surface area contributed by atoms with Crippen LogP contribution in [0.1, 0.15) is 5.01 Å². The zero-order valence-corrected chi connectivity index (χ0v) is 10.0. The van der Waals surface area contributed by atoms with Crippen LogP contribution in [0.15, 0.2) is 17.8 Å². The summed E-state index contributed by atoms with van der Waals surface area (Å²) in [5, 5.41) is 6.41. The van der Waals surface area contributed by atoms with Gasteiger partial charge in [-0.3, -0.25) is 0 Å². The molecule has 2 aromatic rings. The predicted molar refractivity (Wildman–Crippen MR) is 63.0 cm³/mol. The second kappa shape index (κ2) is 5.09. The van der Waals surface area contributed by atoms with Gasteiger partial charge in [0.05, 0.1) is 19.9 Å². The number of nitrogens with zero attached hydrogens (tertiary/aromatic N) is 3. The van der Waals surface area contributed by atoms with Gasteiger partial charge in [-0.05, 0) is 0 Å². The second-order valence-electron chi connectivity index (χ2n) is 2.83. The van der Waals surface area contributed by atoms with E-state index in [9.17, 15) is 0 Å². The summed E-state index contributed by atoms with van der Waals surface area (Å²) in [6.07, 6.45) is 3.25. The Morgan fingerprint density at radius 2 is 2.38 bits per heavy atom. The molecule has 84 valence electrons. The van der Waals surface area contributed by atoms with Crippen LogP contribution in [-0.2, 0) is 6.54 Å².